The predicted molar refractivity (Wildman–Crippen MR) is 111 cm³/mol. The third-order valence-electron chi connectivity index (χ3n) is 4.55. The van der Waals surface area contributed by atoms with Crippen LogP contribution in [-0.2, 0) is 14.6 Å². The molecule has 1 amide bonds. The highest BCUT2D eigenvalue weighted by molar-refractivity contribution is 7.97. The topological polar surface area (TPSA) is 54.5 Å². The number of sulfone groups is 1. The lowest BCUT2D eigenvalue weighted by Crippen LogP contribution is -2.28. The van der Waals surface area contributed by atoms with E-state index in [2.05, 4.69) is 0 Å². The molecule has 0 spiro atoms. The van der Waals surface area contributed by atoms with E-state index in [1.807, 2.05) is 12.1 Å². The zero-order valence-electron chi connectivity index (χ0n) is 14.7. The second-order valence-corrected chi connectivity index (χ2v) is 8.79. The molecule has 1 heterocycles. The molecule has 0 radical (unpaired) electrons. The van der Waals surface area contributed by atoms with Crippen LogP contribution in [0.4, 0.5) is 5.69 Å². The number of nitrogens with zero attached hydrogens (tertiary/aromatic N) is 1. The normalized spacial score (nSPS) is 19.9. The van der Waals surface area contributed by atoms with Crippen LogP contribution in [0.3, 0.4) is 0 Å². The Hall–Kier alpha value is -2.89. The van der Waals surface area contributed by atoms with E-state index in [1.165, 1.54) is 11.0 Å². The Morgan fingerprint density at radius 3 is 2.00 bits per heavy atom. The fourth-order valence-corrected chi connectivity index (χ4v) is 5.27. The molecule has 28 heavy (non-hydrogen) atoms. The number of amides is 1. The van der Waals surface area contributed by atoms with Gasteiger partial charge in [0.1, 0.15) is 4.91 Å². The van der Waals surface area contributed by atoms with Crippen molar-refractivity contribution in [2.45, 2.75) is 5.37 Å². The number of hydrogen-bond donors (Lipinski definition) is 0. The fraction of sp³-hybridized carbons (Fsp3) is 0.0455. The van der Waals surface area contributed by atoms with Crippen LogP contribution in [0.5, 0.6) is 0 Å². The van der Waals surface area contributed by atoms with Gasteiger partial charge in [0.05, 0.1) is 0 Å². The summed E-state index contributed by atoms with van der Waals surface area (Å²) in [6.45, 7) is 0. The van der Waals surface area contributed by atoms with E-state index in [-0.39, 0.29) is 4.91 Å². The summed E-state index contributed by atoms with van der Waals surface area (Å²) in [6.07, 6.45) is 1.41. The van der Waals surface area contributed by atoms with Crippen LogP contribution in [0, 0.1) is 0 Å². The molecule has 1 aliphatic rings. The molecule has 0 aromatic heterocycles. The van der Waals surface area contributed by atoms with Crippen LogP contribution in [0.1, 0.15) is 16.5 Å². The lowest BCUT2D eigenvalue weighted by atomic mass is 10.1. The molecule has 0 N–H and O–H groups in total. The van der Waals surface area contributed by atoms with Gasteiger partial charge in [0, 0.05) is 10.7 Å². The van der Waals surface area contributed by atoms with Gasteiger partial charge in [-0.15, -0.1) is 0 Å². The molecule has 4 rings (SSSR count). The Morgan fingerprint density at radius 1 is 0.821 bits per heavy atom. The highest BCUT2D eigenvalue weighted by Crippen LogP contribution is 2.43. The molecule has 1 unspecified atom stereocenters. The van der Waals surface area contributed by atoms with Gasteiger partial charge in [-0.2, -0.15) is 0 Å². The van der Waals surface area contributed by atoms with Crippen molar-refractivity contribution in [2.75, 3.05) is 4.90 Å². The second-order valence-electron chi connectivity index (χ2n) is 6.38. The number of rotatable bonds is 3. The maximum Gasteiger partial charge on any atom is 0.271 e. The van der Waals surface area contributed by atoms with Crippen molar-refractivity contribution >= 4 is 39.1 Å². The molecule has 1 atom stereocenters. The molecule has 4 nitrogen and oxygen atoms in total. The average Bonchev–Trinajstić information content (AvgIpc) is 2.91. The standard InChI is InChI=1S/C22H16ClNO3S/c23-18-13-11-16(12-14-18)15-20-21(25)24(19-9-5-2-6-10-19)22(28(20,26)27)17-7-3-1-4-8-17/h1-15,22H/b20-15-. The van der Waals surface area contributed by atoms with Gasteiger partial charge < -0.3 is 0 Å². The average molecular weight is 410 g/mol. The molecule has 3 aromatic rings. The molecule has 1 saturated heterocycles. The monoisotopic (exact) mass is 409 g/mol. The molecule has 0 aliphatic carbocycles. The number of hydrogen-bond acceptors (Lipinski definition) is 3. The summed E-state index contributed by atoms with van der Waals surface area (Å²) in [5.74, 6) is -0.546. The van der Waals surface area contributed by atoms with Gasteiger partial charge in [-0.25, -0.2) is 8.42 Å². The molecule has 140 valence electrons. The first-order valence-corrected chi connectivity index (χ1v) is 10.6. The van der Waals surface area contributed by atoms with Crippen LogP contribution >= 0.6 is 11.6 Å². The predicted octanol–water partition coefficient (Wildman–Crippen LogP) is 4.84. The van der Waals surface area contributed by atoms with Gasteiger partial charge in [0.2, 0.25) is 9.84 Å². The third kappa shape index (κ3) is 3.23. The first kappa shape index (κ1) is 18.5. The van der Waals surface area contributed by atoms with E-state index in [9.17, 15) is 13.2 Å². The van der Waals surface area contributed by atoms with Crippen LogP contribution in [0.2, 0.25) is 5.02 Å². The summed E-state index contributed by atoms with van der Waals surface area (Å²) in [5.41, 5.74) is 1.67. The maximum absolute atomic E-state index is 13.4. The molecule has 1 aliphatic heterocycles. The van der Waals surface area contributed by atoms with Gasteiger partial charge >= 0.3 is 0 Å². The summed E-state index contributed by atoms with van der Waals surface area (Å²) in [5, 5.41) is -0.571. The summed E-state index contributed by atoms with van der Waals surface area (Å²) >= 11 is 5.91. The molecular formula is C22H16ClNO3S. The molecule has 0 bridgehead atoms. The SMILES string of the molecule is O=C1/C(=C/c2ccc(Cl)cc2)S(=O)(=O)C(c2ccccc2)N1c1ccccc1. The highest BCUT2D eigenvalue weighted by atomic mass is 35.5. The molecule has 1 fully saturated rings. The Kier molecular flexibility index (Phi) is 4.79. The zero-order valence-corrected chi connectivity index (χ0v) is 16.3. The number of para-hydroxylation sites is 1. The van der Waals surface area contributed by atoms with E-state index in [0.717, 1.165) is 0 Å². The summed E-state index contributed by atoms with van der Waals surface area (Å²) in [6, 6.07) is 24.3. The van der Waals surface area contributed by atoms with Crippen molar-refractivity contribution in [3.8, 4) is 0 Å². The minimum atomic E-state index is -3.93. The van der Waals surface area contributed by atoms with Crippen LogP contribution < -0.4 is 4.90 Å². The van der Waals surface area contributed by atoms with Gasteiger partial charge in [-0.1, -0.05) is 72.3 Å². The maximum atomic E-state index is 13.4. The molecule has 0 saturated carbocycles. The Bertz CT molecular complexity index is 1140. The zero-order chi connectivity index (χ0) is 19.7. The van der Waals surface area contributed by atoms with Crippen molar-refractivity contribution < 1.29 is 13.2 Å². The lowest BCUT2D eigenvalue weighted by molar-refractivity contribution is -0.114. The van der Waals surface area contributed by atoms with Crippen LogP contribution in [-0.4, -0.2) is 14.3 Å². The summed E-state index contributed by atoms with van der Waals surface area (Å²) in [4.78, 5) is 14.3. The minimum Gasteiger partial charge on any atom is -0.286 e. The second kappa shape index (κ2) is 7.26. The minimum absolute atomic E-state index is 0.229. The third-order valence-corrected chi connectivity index (χ3v) is 6.78. The van der Waals surface area contributed by atoms with Gasteiger partial charge in [0.15, 0.2) is 5.37 Å². The van der Waals surface area contributed by atoms with Crippen molar-refractivity contribution in [1.29, 1.82) is 0 Å². The van der Waals surface area contributed by atoms with Gasteiger partial charge in [0.25, 0.3) is 5.91 Å². The fourth-order valence-electron chi connectivity index (χ4n) is 3.25. The summed E-state index contributed by atoms with van der Waals surface area (Å²) in [7, 11) is -3.93. The molecule has 6 heteroatoms. The Balaban J connectivity index is 1.90. The van der Waals surface area contributed by atoms with Crippen LogP contribution in [0.25, 0.3) is 6.08 Å². The number of carbonyl (C=O) groups excluding carboxylic acids is 1. The first-order valence-electron chi connectivity index (χ1n) is 8.63. The highest BCUT2D eigenvalue weighted by Gasteiger charge is 2.50. The molecule has 3 aromatic carbocycles. The van der Waals surface area contributed by atoms with Crippen LogP contribution in [0.15, 0.2) is 89.8 Å². The largest absolute Gasteiger partial charge is 0.286 e. The van der Waals surface area contributed by atoms with Gasteiger partial charge in [-0.3, -0.25) is 9.69 Å². The number of halogens is 1. The van der Waals surface area contributed by atoms with E-state index < -0.39 is 21.1 Å². The summed E-state index contributed by atoms with van der Waals surface area (Å²) < 4.78 is 26.8. The van der Waals surface area contributed by atoms with E-state index in [4.69, 9.17) is 11.6 Å². The number of anilines is 1. The Labute approximate surface area is 168 Å². The van der Waals surface area contributed by atoms with Crippen molar-refractivity contribution in [2.24, 2.45) is 0 Å². The lowest BCUT2D eigenvalue weighted by Gasteiger charge is -2.23. The number of benzene rings is 3. The van der Waals surface area contributed by atoms with Crippen molar-refractivity contribution in [1.82, 2.24) is 0 Å². The van der Waals surface area contributed by atoms with Gasteiger partial charge in [-0.05, 0) is 41.5 Å². The smallest absolute Gasteiger partial charge is 0.271 e. The van der Waals surface area contributed by atoms with Crippen molar-refractivity contribution in [3.05, 3.63) is 106 Å². The number of carbonyl (C=O) groups is 1. The first-order chi connectivity index (χ1) is 13.5. The van der Waals surface area contributed by atoms with E-state index in [1.54, 1.807) is 72.8 Å². The Morgan fingerprint density at radius 2 is 1.39 bits per heavy atom. The van der Waals surface area contributed by atoms with Crippen molar-refractivity contribution in [3.63, 3.8) is 0 Å². The quantitative estimate of drug-likeness (QED) is 0.581. The van der Waals surface area contributed by atoms with E-state index in [0.29, 0.717) is 21.8 Å². The van der Waals surface area contributed by atoms with E-state index >= 15 is 0 Å². The molecular weight excluding hydrogens is 394 g/mol.